The number of carbonyl (C=O) groups is 2. The molecule has 0 spiro atoms. The van der Waals surface area contributed by atoms with Crippen LogP contribution in [-0.2, 0) is 17.9 Å². The van der Waals surface area contributed by atoms with E-state index in [2.05, 4.69) is 15.9 Å². The standard InChI is InChI=1S/C26H19BrCl2FNO4S/c1-2-34-22-11-16(9-18(27)24(22)35-14-15-7-8-19(28)20(29)10-15)12-23-25(32)31(26(33)36-23)13-17-5-3-4-6-21(17)30/h3-12H,2,13-14H2,1H3/b23-12+. The van der Waals surface area contributed by atoms with Crippen LogP contribution in [0.4, 0.5) is 9.18 Å². The Hall–Kier alpha value is -2.52. The van der Waals surface area contributed by atoms with Gasteiger partial charge in [0, 0.05) is 5.56 Å². The number of thioether (sulfide) groups is 1. The zero-order valence-electron chi connectivity index (χ0n) is 18.9. The van der Waals surface area contributed by atoms with E-state index < -0.39 is 17.0 Å². The molecule has 1 fully saturated rings. The lowest BCUT2D eigenvalue weighted by atomic mass is 10.1. The fourth-order valence-corrected chi connectivity index (χ4v) is 5.18. The van der Waals surface area contributed by atoms with Crippen LogP contribution in [0.3, 0.4) is 0 Å². The van der Waals surface area contributed by atoms with Crippen LogP contribution >= 0.6 is 50.9 Å². The topological polar surface area (TPSA) is 55.8 Å². The predicted molar refractivity (Wildman–Crippen MR) is 144 cm³/mol. The molecule has 0 bridgehead atoms. The number of hydrogen-bond donors (Lipinski definition) is 0. The normalized spacial score (nSPS) is 14.6. The summed E-state index contributed by atoms with van der Waals surface area (Å²) in [6.07, 6.45) is 1.60. The number of imide groups is 1. The van der Waals surface area contributed by atoms with Gasteiger partial charge in [-0.15, -0.1) is 0 Å². The second kappa shape index (κ2) is 11.7. The number of ether oxygens (including phenoxy) is 2. The van der Waals surface area contributed by atoms with Gasteiger partial charge in [0.05, 0.1) is 32.6 Å². The van der Waals surface area contributed by atoms with Gasteiger partial charge in [0.2, 0.25) is 0 Å². The number of benzene rings is 3. The summed E-state index contributed by atoms with van der Waals surface area (Å²) in [5, 5.41) is 0.431. The average molecular weight is 611 g/mol. The summed E-state index contributed by atoms with van der Waals surface area (Å²) >= 11 is 16.4. The van der Waals surface area contributed by atoms with Crippen molar-refractivity contribution in [3.63, 3.8) is 0 Å². The first-order valence-corrected chi connectivity index (χ1v) is 13.1. The van der Waals surface area contributed by atoms with E-state index >= 15 is 0 Å². The zero-order valence-corrected chi connectivity index (χ0v) is 22.8. The molecule has 2 amide bonds. The van der Waals surface area contributed by atoms with Crippen molar-refractivity contribution in [3.8, 4) is 11.5 Å². The van der Waals surface area contributed by atoms with Crippen LogP contribution in [0.5, 0.6) is 11.5 Å². The van der Waals surface area contributed by atoms with E-state index in [9.17, 15) is 14.0 Å². The molecule has 0 radical (unpaired) electrons. The molecule has 1 aliphatic heterocycles. The Labute approximate surface area is 230 Å². The van der Waals surface area contributed by atoms with Gasteiger partial charge in [-0.05, 0) is 82.2 Å². The zero-order chi connectivity index (χ0) is 25.8. The van der Waals surface area contributed by atoms with Crippen molar-refractivity contribution in [2.24, 2.45) is 0 Å². The molecule has 1 saturated heterocycles. The Balaban J connectivity index is 1.56. The molecular weight excluding hydrogens is 592 g/mol. The molecule has 3 aromatic carbocycles. The van der Waals surface area contributed by atoms with Gasteiger partial charge in [-0.25, -0.2) is 4.39 Å². The van der Waals surface area contributed by atoms with Crippen molar-refractivity contribution in [2.45, 2.75) is 20.1 Å². The van der Waals surface area contributed by atoms with Crippen molar-refractivity contribution in [2.75, 3.05) is 6.61 Å². The van der Waals surface area contributed by atoms with E-state index in [-0.39, 0.29) is 23.6 Å². The van der Waals surface area contributed by atoms with E-state index in [0.717, 1.165) is 22.2 Å². The number of halogens is 4. The smallest absolute Gasteiger partial charge is 0.293 e. The van der Waals surface area contributed by atoms with Gasteiger partial charge >= 0.3 is 0 Å². The largest absolute Gasteiger partial charge is 0.490 e. The van der Waals surface area contributed by atoms with Crippen LogP contribution in [-0.4, -0.2) is 22.7 Å². The lowest BCUT2D eigenvalue weighted by molar-refractivity contribution is -0.123. The first-order valence-electron chi connectivity index (χ1n) is 10.8. The van der Waals surface area contributed by atoms with Crippen LogP contribution in [0.1, 0.15) is 23.6 Å². The van der Waals surface area contributed by atoms with E-state index in [0.29, 0.717) is 38.2 Å². The maximum absolute atomic E-state index is 14.0. The monoisotopic (exact) mass is 609 g/mol. The lowest BCUT2D eigenvalue weighted by Gasteiger charge is -2.15. The molecule has 1 heterocycles. The van der Waals surface area contributed by atoms with Crippen LogP contribution in [0.2, 0.25) is 10.0 Å². The molecule has 0 atom stereocenters. The highest BCUT2D eigenvalue weighted by molar-refractivity contribution is 9.10. The molecule has 10 heteroatoms. The Morgan fingerprint density at radius 3 is 2.56 bits per heavy atom. The number of rotatable bonds is 8. The van der Waals surface area contributed by atoms with E-state index in [4.69, 9.17) is 32.7 Å². The van der Waals surface area contributed by atoms with Gasteiger partial charge in [-0.2, -0.15) is 0 Å². The number of nitrogens with zero attached hydrogens (tertiary/aromatic N) is 1. The minimum absolute atomic E-state index is 0.135. The minimum atomic E-state index is -0.484. The summed E-state index contributed by atoms with van der Waals surface area (Å²) in [6, 6.07) is 14.8. The van der Waals surface area contributed by atoms with Crippen LogP contribution in [0, 0.1) is 5.82 Å². The van der Waals surface area contributed by atoms with Gasteiger partial charge in [-0.3, -0.25) is 14.5 Å². The average Bonchev–Trinajstić information content (AvgIpc) is 3.09. The number of amides is 2. The first-order chi connectivity index (χ1) is 17.3. The highest BCUT2D eigenvalue weighted by Gasteiger charge is 2.35. The van der Waals surface area contributed by atoms with E-state index in [1.165, 1.54) is 6.07 Å². The second-order valence-electron chi connectivity index (χ2n) is 7.66. The highest BCUT2D eigenvalue weighted by atomic mass is 79.9. The minimum Gasteiger partial charge on any atom is -0.490 e. The fraction of sp³-hybridized carbons (Fsp3) is 0.154. The molecule has 0 aromatic heterocycles. The third kappa shape index (κ3) is 6.06. The summed E-state index contributed by atoms with van der Waals surface area (Å²) in [7, 11) is 0. The summed E-state index contributed by atoms with van der Waals surface area (Å²) in [5.74, 6) is -0.0129. The summed E-state index contributed by atoms with van der Waals surface area (Å²) in [4.78, 5) is 26.7. The van der Waals surface area contributed by atoms with Crippen molar-refractivity contribution in [1.29, 1.82) is 0 Å². The van der Waals surface area contributed by atoms with Gasteiger partial charge in [-0.1, -0.05) is 47.5 Å². The van der Waals surface area contributed by atoms with Crippen LogP contribution < -0.4 is 9.47 Å². The third-order valence-electron chi connectivity index (χ3n) is 5.16. The van der Waals surface area contributed by atoms with Crippen molar-refractivity contribution >= 4 is 68.1 Å². The van der Waals surface area contributed by atoms with Gasteiger partial charge in [0.1, 0.15) is 12.4 Å². The quantitative estimate of drug-likeness (QED) is 0.241. The van der Waals surface area contributed by atoms with Crippen molar-refractivity contribution < 1.29 is 23.5 Å². The Morgan fingerprint density at radius 2 is 1.83 bits per heavy atom. The van der Waals surface area contributed by atoms with Gasteiger partial charge in [0.25, 0.3) is 11.1 Å². The summed E-state index contributed by atoms with van der Waals surface area (Å²) in [5.41, 5.74) is 1.72. The molecular formula is C26H19BrCl2FNO4S. The van der Waals surface area contributed by atoms with Crippen LogP contribution in [0.15, 0.2) is 64.0 Å². The maximum Gasteiger partial charge on any atom is 0.293 e. The van der Waals surface area contributed by atoms with Gasteiger partial charge < -0.3 is 9.47 Å². The highest BCUT2D eigenvalue weighted by Crippen LogP contribution is 2.40. The molecule has 0 unspecified atom stereocenters. The predicted octanol–water partition coefficient (Wildman–Crippen LogP) is 8.11. The first kappa shape index (κ1) is 26.5. The molecule has 36 heavy (non-hydrogen) atoms. The van der Waals surface area contributed by atoms with E-state index in [1.807, 2.05) is 13.0 Å². The Kier molecular flexibility index (Phi) is 8.62. The Bertz CT molecular complexity index is 1370. The fourth-order valence-electron chi connectivity index (χ4n) is 3.44. The molecule has 0 saturated carbocycles. The number of carbonyl (C=O) groups excluding carboxylic acids is 2. The molecule has 0 aliphatic carbocycles. The van der Waals surface area contributed by atoms with Gasteiger partial charge in [0.15, 0.2) is 11.5 Å². The molecule has 4 rings (SSSR count). The lowest BCUT2D eigenvalue weighted by Crippen LogP contribution is -2.27. The van der Waals surface area contributed by atoms with E-state index in [1.54, 1.807) is 48.5 Å². The maximum atomic E-state index is 14.0. The van der Waals surface area contributed by atoms with Crippen LogP contribution in [0.25, 0.3) is 6.08 Å². The SMILES string of the molecule is CCOc1cc(/C=C2/SC(=O)N(Cc3ccccc3F)C2=O)cc(Br)c1OCc1ccc(Cl)c(Cl)c1. The van der Waals surface area contributed by atoms with Crippen molar-refractivity contribution in [3.05, 3.63) is 96.5 Å². The van der Waals surface area contributed by atoms with Crippen molar-refractivity contribution in [1.82, 2.24) is 4.90 Å². The summed E-state index contributed by atoms with van der Waals surface area (Å²) in [6.45, 7) is 2.32. The summed E-state index contributed by atoms with van der Waals surface area (Å²) < 4.78 is 26.4. The molecule has 0 N–H and O–H groups in total. The number of hydrogen-bond acceptors (Lipinski definition) is 5. The third-order valence-corrected chi connectivity index (χ3v) is 7.39. The molecule has 186 valence electrons. The second-order valence-corrected chi connectivity index (χ2v) is 10.3. The molecule has 1 aliphatic rings. The Morgan fingerprint density at radius 1 is 1.06 bits per heavy atom. The molecule has 3 aromatic rings. The molecule has 5 nitrogen and oxygen atoms in total.